The monoisotopic (exact) mass is 247 g/mol. The Morgan fingerprint density at radius 2 is 2.11 bits per heavy atom. The molecule has 0 saturated carbocycles. The topological polar surface area (TPSA) is 62.3 Å². The molecular formula is C13H17N3O2. The first kappa shape index (κ1) is 12.5. The molecule has 0 bridgehead atoms. The van der Waals surface area contributed by atoms with E-state index in [9.17, 15) is 9.59 Å². The zero-order chi connectivity index (χ0) is 13.0. The van der Waals surface area contributed by atoms with E-state index in [4.69, 9.17) is 0 Å². The number of aromatic nitrogens is 1. The third-order valence-corrected chi connectivity index (χ3v) is 2.88. The number of hydrogen-bond donors (Lipinski definition) is 1. The number of ketones is 1. The van der Waals surface area contributed by atoms with Gasteiger partial charge in [-0.05, 0) is 31.9 Å². The first-order valence-electron chi connectivity index (χ1n) is 6.16. The molecule has 5 heteroatoms. The summed E-state index contributed by atoms with van der Waals surface area (Å²) < 4.78 is 0. The number of carbonyl (C=O) groups excluding carboxylic acids is 2. The van der Waals surface area contributed by atoms with E-state index in [0.717, 1.165) is 31.7 Å². The quantitative estimate of drug-likeness (QED) is 0.821. The Morgan fingerprint density at radius 3 is 2.78 bits per heavy atom. The van der Waals surface area contributed by atoms with E-state index in [-0.39, 0.29) is 18.1 Å². The summed E-state index contributed by atoms with van der Waals surface area (Å²) in [6, 6.07) is 3.60. The fraction of sp³-hybridized carbons (Fsp3) is 0.462. The smallest absolute Gasteiger partial charge is 0.231 e. The highest BCUT2D eigenvalue weighted by Crippen LogP contribution is 2.26. The van der Waals surface area contributed by atoms with Crippen LogP contribution < -0.4 is 10.2 Å². The van der Waals surface area contributed by atoms with Gasteiger partial charge in [0.25, 0.3) is 0 Å². The van der Waals surface area contributed by atoms with Gasteiger partial charge in [0.1, 0.15) is 5.78 Å². The van der Waals surface area contributed by atoms with E-state index in [1.807, 2.05) is 6.07 Å². The molecular weight excluding hydrogens is 230 g/mol. The summed E-state index contributed by atoms with van der Waals surface area (Å²) >= 11 is 0. The van der Waals surface area contributed by atoms with Crippen molar-refractivity contribution in [2.24, 2.45) is 0 Å². The molecule has 1 aromatic rings. The molecule has 0 aliphatic carbocycles. The summed E-state index contributed by atoms with van der Waals surface area (Å²) in [7, 11) is 0. The van der Waals surface area contributed by atoms with Crippen molar-refractivity contribution >= 4 is 23.2 Å². The van der Waals surface area contributed by atoms with Crippen LogP contribution in [0.1, 0.15) is 26.2 Å². The summed E-state index contributed by atoms with van der Waals surface area (Å²) in [6.45, 7) is 3.34. The summed E-state index contributed by atoms with van der Waals surface area (Å²) in [5, 5.41) is 2.75. The zero-order valence-electron chi connectivity index (χ0n) is 10.5. The average Bonchev–Trinajstić information content (AvgIpc) is 2.81. The van der Waals surface area contributed by atoms with Crippen LogP contribution in [0.15, 0.2) is 18.3 Å². The fourth-order valence-corrected chi connectivity index (χ4v) is 2.10. The molecule has 0 spiro atoms. The van der Waals surface area contributed by atoms with Crippen LogP contribution in [-0.4, -0.2) is 29.8 Å². The van der Waals surface area contributed by atoms with Gasteiger partial charge in [0.05, 0.1) is 12.1 Å². The van der Waals surface area contributed by atoms with Crippen molar-refractivity contribution in [1.29, 1.82) is 0 Å². The first-order chi connectivity index (χ1) is 8.66. The van der Waals surface area contributed by atoms with Crippen LogP contribution in [-0.2, 0) is 9.59 Å². The molecule has 2 rings (SSSR count). The highest BCUT2D eigenvalue weighted by molar-refractivity contribution is 6.04. The van der Waals surface area contributed by atoms with Crippen LogP contribution >= 0.6 is 0 Å². The number of anilines is 2. The molecule has 1 aliphatic rings. The van der Waals surface area contributed by atoms with Crippen molar-refractivity contribution in [1.82, 2.24) is 4.98 Å². The van der Waals surface area contributed by atoms with Gasteiger partial charge >= 0.3 is 0 Å². The number of rotatable bonds is 4. The maximum absolute atomic E-state index is 11.6. The summed E-state index contributed by atoms with van der Waals surface area (Å²) in [4.78, 5) is 29.0. The number of hydrogen-bond acceptors (Lipinski definition) is 4. The van der Waals surface area contributed by atoms with Crippen LogP contribution in [0.3, 0.4) is 0 Å². The van der Waals surface area contributed by atoms with Crippen LogP contribution in [0.25, 0.3) is 0 Å². The Bertz CT molecular complexity index is 453. The Balaban J connectivity index is 2.12. The van der Waals surface area contributed by atoms with Crippen LogP contribution in [0.5, 0.6) is 0 Å². The minimum atomic E-state index is -0.282. The maximum atomic E-state index is 11.6. The van der Waals surface area contributed by atoms with E-state index in [1.165, 1.54) is 6.92 Å². The van der Waals surface area contributed by atoms with Crippen molar-refractivity contribution in [2.45, 2.75) is 26.2 Å². The second-order valence-corrected chi connectivity index (χ2v) is 4.50. The zero-order valence-corrected chi connectivity index (χ0v) is 10.5. The molecule has 0 unspecified atom stereocenters. The lowest BCUT2D eigenvalue weighted by Gasteiger charge is -2.19. The fourth-order valence-electron chi connectivity index (χ4n) is 2.10. The van der Waals surface area contributed by atoms with Gasteiger partial charge in [-0.25, -0.2) is 4.98 Å². The number of carbonyl (C=O) groups is 2. The molecule has 1 aliphatic heterocycles. The first-order valence-corrected chi connectivity index (χ1v) is 6.16. The summed E-state index contributed by atoms with van der Waals surface area (Å²) in [5.41, 5.74) is 0.686. The second-order valence-electron chi connectivity index (χ2n) is 4.50. The van der Waals surface area contributed by atoms with Crippen LogP contribution in [0, 0.1) is 0 Å². The Labute approximate surface area is 106 Å². The number of amides is 1. The lowest BCUT2D eigenvalue weighted by molar-refractivity contribution is -0.124. The van der Waals surface area contributed by atoms with E-state index >= 15 is 0 Å². The van der Waals surface area contributed by atoms with E-state index in [0.29, 0.717) is 5.69 Å². The molecule has 96 valence electrons. The highest BCUT2D eigenvalue weighted by atomic mass is 16.2. The van der Waals surface area contributed by atoms with Gasteiger partial charge in [0.15, 0.2) is 5.82 Å². The van der Waals surface area contributed by atoms with Gasteiger partial charge in [-0.2, -0.15) is 0 Å². The average molecular weight is 247 g/mol. The molecule has 0 aromatic carbocycles. The van der Waals surface area contributed by atoms with E-state index < -0.39 is 0 Å². The SMILES string of the molecule is CC(=O)CC(=O)Nc1cccnc1N1CCCC1. The third-order valence-electron chi connectivity index (χ3n) is 2.88. The maximum Gasteiger partial charge on any atom is 0.231 e. The molecule has 18 heavy (non-hydrogen) atoms. The van der Waals surface area contributed by atoms with Crippen molar-refractivity contribution in [3.8, 4) is 0 Å². The lowest BCUT2D eigenvalue weighted by atomic mass is 10.3. The number of nitrogens with zero attached hydrogens (tertiary/aromatic N) is 2. The molecule has 5 nitrogen and oxygen atoms in total. The number of pyridine rings is 1. The second kappa shape index (κ2) is 5.62. The van der Waals surface area contributed by atoms with Gasteiger partial charge in [-0.15, -0.1) is 0 Å². The number of Topliss-reactive ketones (excluding diaryl/α,β-unsaturated/α-hetero) is 1. The predicted octanol–water partition coefficient (Wildman–Crippen LogP) is 1.60. The molecule has 1 amide bonds. The Kier molecular flexibility index (Phi) is 3.92. The van der Waals surface area contributed by atoms with Gasteiger partial charge in [-0.3, -0.25) is 9.59 Å². The molecule has 0 atom stereocenters. The summed E-state index contributed by atoms with van der Waals surface area (Å²) in [5.74, 6) is 0.377. The Hall–Kier alpha value is -1.91. The largest absolute Gasteiger partial charge is 0.355 e. The van der Waals surface area contributed by atoms with Crippen molar-refractivity contribution in [3.63, 3.8) is 0 Å². The van der Waals surface area contributed by atoms with Gasteiger partial charge in [0, 0.05) is 19.3 Å². The van der Waals surface area contributed by atoms with Gasteiger partial charge in [-0.1, -0.05) is 0 Å². The number of nitrogens with one attached hydrogen (secondary N) is 1. The van der Waals surface area contributed by atoms with Crippen LogP contribution in [0.4, 0.5) is 11.5 Å². The normalized spacial score (nSPS) is 14.6. The van der Waals surface area contributed by atoms with Crippen molar-refractivity contribution in [2.75, 3.05) is 23.3 Å². The molecule has 1 N–H and O–H groups in total. The molecule has 2 heterocycles. The molecule has 1 saturated heterocycles. The van der Waals surface area contributed by atoms with E-state index in [2.05, 4.69) is 15.2 Å². The highest BCUT2D eigenvalue weighted by Gasteiger charge is 2.18. The predicted molar refractivity (Wildman–Crippen MR) is 69.6 cm³/mol. The third kappa shape index (κ3) is 3.06. The van der Waals surface area contributed by atoms with Crippen molar-refractivity contribution in [3.05, 3.63) is 18.3 Å². The molecule has 1 aromatic heterocycles. The minimum absolute atomic E-state index is 0.0890. The van der Waals surface area contributed by atoms with Gasteiger partial charge < -0.3 is 10.2 Å². The lowest BCUT2D eigenvalue weighted by Crippen LogP contribution is -2.22. The molecule has 0 radical (unpaired) electrons. The van der Waals surface area contributed by atoms with Gasteiger partial charge in [0.2, 0.25) is 5.91 Å². The molecule has 1 fully saturated rings. The summed E-state index contributed by atoms with van der Waals surface area (Å²) in [6.07, 6.45) is 3.93. The van der Waals surface area contributed by atoms with E-state index in [1.54, 1.807) is 12.3 Å². The van der Waals surface area contributed by atoms with Crippen LogP contribution in [0.2, 0.25) is 0 Å². The van der Waals surface area contributed by atoms with Crippen molar-refractivity contribution < 1.29 is 9.59 Å². The Morgan fingerprint density at radius 1 is 1.39 bits per heavy atom. The minimum Gasteiger partial charge on any atom is -0.355 e. The standard InChI is InChI=1S/C13H17N3O2/c1-10(17)9-12(18)15-11-5-4-6-14-13(11)16-7-2-3-8-16/h4-6H,2-3,7-9H2,1H3,(H,15,18).